The lowest BCUT2D eigenvalue weighted by Gasteiger charge is -2.09. The van der Waals surface area contributed by atoms with Crippen molar-refractivity contribution in [2.75, 3.05) is 13.3 Å². The second kappa shape index (κ2) is 5.59. The number of aliphatic hydroxyl groups excluding tert-OH is 1. The van der Waals surface area contributed by atoms with Crippen molar-refractivity contribution in [3.8, 4) is 11.5 Å². The SMILES string of the molecule is C[C@H](O)CNC(=O)NCc1ccc2c(c1)OCO2. The van der Waals surface area contributed by atoms with Crippen LogP contribution in [-0.2, 0) is 6.54 Å². The van der Waals surface area contributed by atoms with E-state index in [0.717, 1.165) is 11.3 Å². The lowest BCUT2D eigenvalue weighted by atomic mass is 10.2. The van der Waals surface area contributed by atoms with Gasteiger partial charge in [-0.25, -0.2) is 4.79 Å². The van der Waals surface area contributed by atoms with E-state index in [-0.39, 0.29) is 19.4 Å². The third-order valence-electron chi connectivity index (χ3n) is 2.45. The highest BCUT2D eigenvalue weighted by Crippen LogP contribution is 2.32. The molecule has 1 heterocycles. The van der Waals surface area contributed by atoms with Crippen LogP contribution in [0.3, 0.4) is 0 Å². The van der Waals surface area contributed by atoms with Crippen LogP contribution < -0.4 is 20.1 Å². The molecule has 6 nitrogen and oxygen atoms in total. The molecule has 0 unspecified atom stereocenters. The summed E-state index contributed by atoms with van der Waals surface area (Å²) in [5.41, 5.74) is 0.923. The largest absolute Gasteiger partial charge is 0.454 e. The highest BCUT2D eigenvalue weighted by molar-refractivity contribution is 5.73. The smallest absolute Gasteiger partial charge is 0.315 e. The van der Waals surface area contributed by atoms with Gasteiger partial charge >= 0.3 is 6.03 Å². The highest BCUT2D eigenvalue weighted by atomic mass is 16.7. The number of urea groups is 1. The minimum atomic E-state index is -0.554. The molecule has 1 aromatic rings. The zero-order chi connectivity index (χ0) is 13.0. The number of nitrogens with one attached hydrogen (secondary N) is 2. The van der Waals surface area contributed by atoms with Crippen molar-refractivity contribution in [2.45, 2.75) is 19.6 Å². The van der Waals surface area contributed by atoms with E-state index in [1.54, 1.807) is 6.92 Å². The standard InChI is InChI=1S/C12H16N2O4/c1-8(15)5-13-12(16)14-6-9-2-3-10-11(4-9)18-7-17-10/h2-4,8,15H,5-7H2,1H3,(H2,13,14,16)/t8-/m0/s1. The minimum Gasteiger partial charge on any atom is -0.454 e. The Bertz CT molecular complexity index is 434. The van der Waals surface area contributed by atoms with Gasteiger partial charge in [0.25, 0.3) is 0 Å². The van der Waals surface area contributed by atoms with E-state index in [2.05, 4.69) is 10.6 Å². The summed E-state index contributed by atoms with van der Waals surface area (Å²) >= 11 is 0. The summed E-state index contributed by atoms with van der Waals surface area (Å²) in [7, 11) is 0. The Morgan fingerprint density at radius 3 is 2.94 bits per heavy atom. The number of fused-ring (bicyclic) bond motifs is 1. The van der Waals surface area contributed by atoms with E-state index in [4.69, 9.17) is 14.6 Å². The van der Waals surface area contributed by atoms with Crippen molar-refractivity contribution in [2.24, 2.45) is 0 Å². The van der Waals surface area contributed by atoms with Gasteiger partial charge in [-0.2, -0.15) is 0 Å². The van der Waals surface area contributed by atoms with E-state index in [9.17, 15) is 4.79 Å². The molecule has 0 saturated heterocycles. The fourth-order valence-corrected chi connectivity index (χ4v) is 1.54. The Morgan fingerprint density at radius 2 is 2.17 bits per heavy atom. The monoisotopic (exact) mass is 252 g/mol. The average Bonchev–Trinajstić information content (AvgIpc) is 2.81. The van der Waals surface area contributed by atoms with Gasteiger partial charge in [-0.05, 0) is 24.6 Å². The molecule has 0 aromatic heterocycles. The quantitative estimate of drug-likeness (QED) is 0.733. The lowest BCUT2D eigenvalue weighted by Crippen LogP contribution is -2.38. The number of carbonyl (C=O) groups is 1. The van der Waals surface area contributed by atoms with Crippen LogP contribution in [-0.4, -0.2) is 30.6 Å². The van der Waals surface area contributed by atoms with Crippen LogP contribution in [0.1, 0.15) is 12.5 Å². The fraction of sp³-hybridized carbons (Fsp3) is 0.417. The fourth-order valence-electron chi connectivity index (χ4n) is 1.54. The zero-order valence-electron chi connectivity index (χ0n) is 10.1. The predicted octanol–water partition coefficient (Wildman–Crippen LogP) is 0.595. The molecule has 18 heavy (non-hydrogen) atoms. The van der Waals surface area contributed by atoms with Crippen molar-refractivity contribution < 1.29 is 19.4 Å². The van der Waals surface area contributed by atoms with Crippen molar-refractivity contribution in [1.82, 2.24) is 10.6 Å². The maximum atomic E-state index is 11.4. The molecule has 1 atom stereocenters. The Labute approximate surface area is 105 Å². The van der Waals surface area contributed by atoms with E-state index in [1.807, 2.05) is 18.2 Å². The summed E-state index contributed by atoms with van der Waals surface area (Å²) in [5, 5.41) is 14.3. The summed E-state index contributed by atoms with van der Waals surface area (Å²) in [6, 6.07) is 5.20. The first-order valence-corrected chi connectivity index (χ1v) is 5.73. The maximum absolute atomic E-state index is 11.4. The van der Waals surface area contributed by atoms with Crippen molar-refractivity contribution in [1.29, 1.82) is 0 Å². The summed E-state index contributed by atoms with van der Waals surface area (Å²) in [6.07, 6.45) is -0.554. The van der Waals surface area contributed by atoms with Crippen LogP contribution in [0.15, 0.2) is 18.2 Å². The summed E-state index contributed by atoms with van der Waals surface area (Å²) in [4.78, 5) is 11.4. The number of carbonyl (C=O) groups excluding carboxylic acids is 1. The van der Waals surface area contributed by atoms with Crippen LogP contribution >= 0.6 is 0 Å². The number of benzene rings is 1. The molecule has 2 amide bonds. The van der Waals surface area contributed by atoms with Gasteiger partial charge in [0, 0.05) is 13.1 Å². The van der Waals surface area contributed by atoms with Crippen LogP contribution in [0.2, 0.25) is 0 Å². The number of ether oxygens (including phenoxy) is 2. The lowest BCUT2D eigenvalue weighted by molar-refractivity contribution is 0.174. The first-order chi connectivity index (χ1) is 8.65. The molecule has 1 aromatic carbocycles. The molecule has 2 rings (SSSR count). The molecule has 6 heteroatoms. The van der Waals surface area contributed by atoms with Gasteiger partial charge in [0.15, 0.2) is 11.5 Å². The molecular weight excluding hydrogens is 236 g/mol. The van der Waals surface area contributed by atoms with Gasteiger partial charge in [-0.3, -0.25) is 0 Å². The number of aliphatic hydroxyl groups is 1. The Hall–Kier alpha value is -1.95. The summed E-state index contributed by atoms with van der Waals surface area (Å²) in [5.74, 6) is 1.41. The van der Waals surface area contributed by atoms with Gasteiger partial charge in [-0.1, -0.05) is 6.07 Å². The Balaban J connectivity index is 1.81. The van der Waals surface area contributed by atoms with Crippen LogP contribution in [0.4, 0.5) is 4.79 Å². The van der Waals surface area contributed by atoms with Crippen molar-refractivity contribution in [3.63, 3.8) is 0 Å². The van der Waals surface area contributed by atoms with Crippen LogP contribution in [0.5, 0.6) is 11.5 Å². The molecule has 0 fully saturated rings. The second-order valence-electron chi connectivity index (χ2n) is 4.10. The third kappa shape index (κ3) is 3.27. The molecule has 1 aliphatic heterocycles. The van der Waals surface area contributed by atoms with Crippen molar-refractivity contribution in [3.05, 3.63) is 23.8 Å². The molecule has 0 saturated carbocycles. The molecule has 0 radical (unpaired) electrons. The van der Waals surface area contributed by atoms with Gasteiger partial charge in [-0.15, -0.1) is 0 Å². The minimum absolute atomic E-state index is 0.229. The zero-order valence-corrected chi connectivity index (χ0v) is 10.1. The van der Waals surface area contributed by atoms with Gasteiger partial charge in [0.1, 0.15) is 0 Å². The summed E-state index contributed by atoms with van der Waals surface area (Å²) < 4.78 is 10.4. The normalized spacial score (nSPS) is 14.1. The second-order valence-corrected chi connectivity index (χ2v) is 4.10. The highest BCUT2D eigenvalue weighted by Gasteiger charge is 2.13. The Kier molecular flexibility index (Phi) is 3.88. The maximum Gasteiger partial charge on any atom is 0.315 e. The predicted molar refractivity (Wildman–Crippen MR) is 64.5 cm³/mol. The first-order valence-electron chi connectivity index (χ1n) is 5.73. The molecule has 98 valence electrons. The average molecular weight is 252 g/mol. The van der Waals surface area contributed by atoms with E-state index in [1.165, 1.54) is 0 Å². The first kappa shape index (κ1) is 12.5. The number of hydrogen-bond acceptors (Lipinski definition) is 4. The van der Waals surface area contributed by atoms with Gasteiger partial charge in [0.05, 0.1) is 6.10 Å². The molecule has 0 spiro atoms. The molecule has 1 aliphatic rings. The van der Waals surface area contributed by atoms with Crippen LogP contribution in [0.25, 0.3) is 0 Å². The Morgan fingerprint density at radius 1 is 1.39 bits per heavy atom. The molecule has 3 N–H and O–H groups in total. The molecule has 0 aliphatic carbocycles. The number of hydrogen-bond donors (Lipinski definition) is 3. The van der Waals surface area contributed by atoms with Gasteiger partial charge in [0.2, 0.25) is 6.79 Å². The molecular formula is C12H16N2O4. The number of rotatable bonds is 4. The topological polar surface area (TPSA) is 79.8 Å². The van der Waals surface area contributed by atoms with E-state index < -0.39 is 6.10 Å². The molecule has 0 bridgehead atoms. The van der Waals surface area contributed by atoms with Crippen molar-refractivity contribution >= 4 is 6.03 Å². The third-order valence-corrected chi connectivity index (χ3v) is 2.45. The van der Waals surface area contributed by atoms with Crippen LogP contribution in [0, 0.1) is 0 Å². The number of amides is 2. The van der Waals surface area contributed by atoms with E-state index in [0.29, 0.717) is 12.3 Å². The van der Waals surface area contributed by atoms with E-state index >= 15 is 0 Å². The summed E-state index contributed by atoms with van der Waals surface area (Å²) in [6.45, 7) is 2.47. The van der Waals surface area contributed by atoms with Gasteiger partial charge < -0.3 is 25.2 Å².